The zero-order chi connectivity index (χ0) is 17.8. The van der Waals surface area contributed by atoms with E-state index in [1.807, 2.05) is 42.2 Å². The third-order valence-corrected chi connectivity index (χ3v) is 4.81. The summed E-state index contributed by atoms with van der Waals surface area (Å²) >= 11 is 0. The van der Waals surface area contributed by atoms with E-state index in [4.69, 9.17) is 4.42 Å². The largest absolute Gasteiger partial charge is 0.459 e. The van der Waals surface area contributed by atoms with Crippen LogP contribution in [0.1, 0.15) is 38.0 Å². The van der Waals surface area contributed by atoms with Gasteiger partial charge in [0.15, 0.2) is 0 Å². The number of furan rings is 1. The van der Waals surface area contributed by atoms with Gasteiger partial charge in [-0.25, -0.2) is 4.79 Å². The maximum Gasteiger partial charge on any atom is 0.317 e. The first-order valence-electron chi connectivity index (χ1n) is 8.83. The van der Waals surface area contributed by atoms with Crippen molar-refractivity contribution in [2.75, 3.05) is 26.7 Å². The van der Waals surface area contributed by atoms with Gasteiger partial charge in [-0.15, -0.1) is 0 Å². The molecule has 25 heavy (non-hydrogen) atoms. The number of urea groups is 1. The Morgan fingerprint density at radius 2 is 2.20 bits per heavy atom. The molecule has 1 atom stereocenters. The third kappa shape index (κ3) is 3.95. The Labute approximate surface area is 147 Å². The summed E-state index contributed by atoms with van der Waals surface area (Å²) in [4.78, 5) is 27.4. The lowest BCUT2D eigenvalue weighted by molar-refractivity contribution is -0.127. The molecule has 3 amide bonds. The molecule has 134 valence electrons. The van der Waals surface area contributed by atoms with Gasteiger partial charge in [0.2, 0.25) is 5.91 Å². The van der Waals surface area contributed by atoms with Crippen molar-refractivity contribution in [3.63, 3.8) is 0 Å². The van der Waals surface area contributed by atoms with Crippen LogP contribution in [0.3, 0.4) is 0 Å². The average molecular weight is 343 g/mol. The van der Waals surface area contributed by atoms with Crippen LogP contribution < -0.4 is 5.32 Å². The highest BCUT2D eigenvalue weighted by atomic mass is 16.3. The van der Waals surface area contributed by atoms with Gasteiger partial charge in [0.1, 0.15) is 11.3 Å². The van der Waals surface area contributed by atoms with Crippen molar-refractivity contribution < 1.29 is 14.0 Å². The zero-order valence-corrected chi connectivity index (χ0v) is 14.8. The molecule has 1 aromatic heterocycles. The molecule has 1 unspecified atom stereocenters. The second-order valence-electron chi connectivity index (χ2n) is 6.54. The summed E-state index contributed by atoms with van der Waals surface area (Å²) in [6.07, 6.45) is 2.37. The van der Waals surface area contributed by atoms with E-state index in [9.17, 15) is 9.59 Å². The highest BCUT2D eigenvalue weighted by Crippen LogP contribution is 2.26. The molecule has 1 fully saturated rings. The Morgan fingerprint density at radius 1 is 1.40 bits per heavy atom. The fraction of sp³-hybridized carbons (Fsp3) is 0.474. The zero-order valence-electron chi connectivity index (χ0n) is 14.8. The molecular weight excluding hydrogens is 318 g/mol. The van der Waals surface area contributed by atoms with Gasteiger partial charge < -0.3 is 19.5 Å². The molecule has 0 saturated carbocycles. The van der Waals surface area contributed by atoms with Crippen molar-refractivity contribution in [1.82, 2.24) is 15.1 Å². The van der Waals surface area contributed by atoms with Crippen LogP contribution >= 0.6 is 0 Å². The monoisotopic (exact) mass is 343 g/mol. The highest BCUT2D eigenvalue weighted by Gasteiger charge is 2.21. The summed E-state index contributed by atoms with van der Waals surface area (Å²) in [6.45, 7) is 4.05. The number of amides is 3. The number of carbonyl (C=O) groups excluding carboxylic acids is 2. The maximum absolute atomic E-state index is 12.3. The number of nitrogens with zero attached hydrogens (tertiary/aromatic N) is 2. The summed E-state index contributed by atoms with van der Waals surface area (Å²) in [5.74, 6) is 0.989. The molecule has 0 aliphatic carbocycles. The quantitative estimate of drug-likeness (QED) is 0.820. The molecule has 1 N–H and O–H groups in total. The topological polar surface area (TPSA) is 65.8 Å². The summed E-state index contributed by atoms with van der Waals surface area (Å²) in [5, 5.41) is 3.95. The normalized spacial score (nSPS) is 15.6. The van der Waals surface area contributed by atoms with Gasteiger partial charge in [-0.2, -0.15) is 0 Å². The molecule has 2 heterocycles. The predicted molar refractivity (Wildman–Crippen MR) is 96.2 cm³/mol. The molecule has 6 heteroatoms. The van der Waals surface area contributed by atoms with Gasteiger partial charge in [0.05, 0.1) is 6.04 Å². The van der Waals surface area contributed by atoms with Crippen LogP contribution in [-0.2, 0) is 4.79 Å². The van der Waals surface area contributed by atoms with Gasteiger partial charge in [0, 0.05) is 38.5 Å². The minimum atomic E-state index is -0.160. The van der Waals surface area contributed by atoms with E-state index in [2.05, 4.69) is 5.32 Å². The second kappa shape index (κ2) is 7.59. The molecular formula is C19H25N3O3. The molecule has 1 aliphatic rings. The lowest BCUT2D eigenvalue weighted by Crippen LogP contribution is -2.40. The van der Waals surface area contributed by atoms with Crippen molar-refractivity contribution in [2.45, 2.75) is 32.2 Å². The summed E-state index contributed by atoms with van der Waals surface area (Å²) < 4.78 is 5.84. The Bertz CT molecular complexity index is 722. The van der Waals surface area contributed by atoms with Crippen LogP contribution in [0.15, 0.2) is 34.7 Å². The van der Waals surface area contributed by atoms with Crippen LogP contribution in [0.4, 0.5) is 4.79 Å². The average Bonchev–Trinajstić information content (AvgIpc) is 3.23. The summed E-state index contributed by atoms with van der Waals surface area (Å²) in [7, 11) is 1.76. The predicted octanol–water partition coefficient (Wildman–Crippen LogP) is 3.15. The fourth-order valence-electron chi connectivity index (χ4n) is 3.11. The van der Waals surface area contributed by atoms with E-state index in [1.54, 1.807) is 11.9 Å². The van der Waals surface area contributed by atoms with E-state index >= 15 is 0 Å². The lowest BCUT2D eigenvalue weighted by atomic mass is 10.2. The number of rotatable bonds is 6. The SMILES string of the molecule is CC(c1cc2ccccc2o1)N(C)C(=O)NCCCN1CCCC1=O. The molecule has 0 spiro atoms. The van der Waals surface area contributed by atoms with E-state index < -0.39 is 0 Å². The lowest BCUT2D eigenvalue weighted by Gasteiger charge is -2.24. The van der Waals surface area contributed by atoms with Crippen LogP contribution in [0.2, 0.25) is 0 Å². The van der Waals surface area contributed by atoms with Gasteiger partial charge in [-0.05, 0) is 31.9 Å². The molecule has 0 radical (unpaired) electrons. The second-order valence-corrected chi connectivity index (χ2v) is 6.54. The molecule has 6 nitrogen and oxygen atoms in total. The van der Waals surface area contributed by atoms with Crippen molar-refractivity contribution in [2.24, 2.45) is 0 Å². The molecule has 1 saturated heterocycles. The first-order chi connectivity index (χ1) is 12.1. The number of hydrogen-bond donors (Lipinski definition) is 1. The number of hydrogen-bond acceptors (Lipinski definition) is 3. The minimum Gasteiger partial charge on any atom is -0.459 e. The number of likely N-dealkylation sites (tertiary alicyclic amines) is 1. The van der Waals surface area contributed by atoms with E-state index in [-0.39, 0.29) is 18.0 Å². The third-order valence-electron chi connectivity index (χ3n) is 4.81. The summed E-state index contributed by atoms with van der Waals surface area (Å²) in [6, 6.07) is 9.49. The van der Waals surface area contributed by atoms with E-state index in [1.165, 1.54) is 0 Å². The van der Waals surface area contributed by atoms with E-state index in [0.29, 0.717) is 19.5 Å². The van der Waals surface area contributed by atoms with Crippen LogP contribution in [0.5, 0.6) is 0 Å². The number of benzene rings is 1. The number of nitrogens with one attached hydrogen (secondary N) is 1. The Morgan fingerprint density at radius 3 is 2.92 bits per heavy atom. The highest BCUT2D eigenvalue weighted by molar-refractivity contribution is 5.79. The smallest absolute Gasteiger partial charge is 0.317 e. The van der Waals surface area contributed by atoms with Crippen molar-refractivity contribution in [1.29, 1.82) is 0 Å². The van der Waals surface area contributed by atoms with Gasteiger partial charge in [0.25, 0.3) is 0 Å². The molecule has 1 aromatic carbocycles. The Hall–Kier alpha value is -2.50. The van der Waals surface area contributed by atoms with E-state index in [0.717, 1.165) is 36.1 Å². The molecule has 3 rings (SSSR count). The standard InChI is InChI=1S/C19H25N3O3/c1-14(17-13-15-7-3-4-8-16(15)25-17)21(2)19(24)20-10-6-12-22-11-5-9-18(22)23/h3-4,7-8,13-14H,5-6,9-12H2,1-2H3,(H,20,24). The number of para-hydroxylation sites is 1. The molecule has 2 aromatic rings. The Kier molecular flexibility index (Phi) is 5.26. The van der Waals surface area contributed by atoms with Crippen LogP contribution in [0, 0.1) is 0 Å². The fourth-order valence-corrected chi connectivity index (χ4v) is 3.11. The number of carbonyl (C=O) groups is 2. The minimum absolute atomic E-state index is 0.138. The van der Waals surface area contributed by atoms with Crippen LogP contribution in [0.25, 0.3) is 11.0 Å². The van der Waals surface area contributed by atoms with Gasteiger partial charge in [-0.1, -0.05) is 18.2 Å². The van der Waals surface area contributed by atoms with Crippen molar-refractivity contribution in [3.8, 4) is 0 Å². The van der Waals surface area contributed by atoms with Gasteiger partial charge >= 0.3 is 6.03 Å². The van der Waals surface area contributed by atoms with Gasteiger partial charge in [-0.3, -0.25) is 4.79 Å². The summed E-state index contributed by atoms with van der Waals surface area (Å²) in [5.41, 5.74) is 0.827. The van der Waals surface area contributed by atoms with Crippen molar-refractivity contribution in [3.05, 3.63) is 36.1 Å². The first kappa shape index (κ1) is 17.3. The first-order valence-corrected chi connectivity index (χ1v) is 8.83. The Balaban J connectivity index is 1.48. The maximum atomic E-state index is 12.3. The van der Waals surface area contributed by atoms with Crippen LogP contribution in [-0.4, -0.2) is 48.4 Å². The molecule has 0 bridgehead atoms. The molecule has 1 aliphatic heterocycles. The number of fused-ring (bicyclic) bond motifs is 1. The van der Waals surface area contributed by atoms with Crippen molar-refractivity contribution >= 4 is 22.9 Å².